The summed E-state index contributed by atoms with van der Waals surface area (Å²) in [5.74, 6) is 0.419. The van der Waals surface area contributed by atoms with Gasteiger partial charge in [0.15, 0.2) is 5.82 Å². The van der Waals surface area contributed by atoms with Crippen LogP contribution in [0.5, 0.6) is 0 Å². The number of hydrogen-bond donors (Lipinski definition) is 1. The molecule has 1 aromatic carbocycles. The molecular formula is C13H12BrCl2N3O. The van der Waals surface area contributed by atoms with Gasteiger partial charge in [0.2, 0.25) is 5.91 Å². The highest BCUT2D eigenvalue weighted by Crippen LogP contribution is 2.24. The van der Waals surface area contributed by atoms with E-state index in [4.69, 9.17) is 23.2 Å². The molecule has 0 radical (unpaired) electrons. The first-order valence-electron chi connectivity index (χ1n) is 5.96. The zero-order valence-corrected chi connectivity index (χ0v) is 13.8. The molecule has 0 aliphatic carbocycles. The molecule has 2 aromatic rings. The van der Waals surface area contributed by atoms with E-state index in [2.05, 4.69) is 26.3 Å². The van der Waals surface area contributed by atoms with E-state index in [0.29, 0.717) is 28.8 Å². The van der Waals surface area contributed by atoms with E-state index < -0.39 is 0 Å². The number of amides is 1. The number of nitrogens with zero attached hydrogens (tertiary/aromatic N) is 2. The van der Waals surface area contributed by atoms with Crippen LogP contribution in [-0.2, 0) is 11.3 Å². The zero-order chi connectivity index (χ0) is 14.7. The summed E-state index contributed by atoms with van der Waals surface area (Å²) in [6.07, 6.45) is 2.19. The van der Waals surface area contributed by atoms with Crippen molar-refractivity contribution >= 4 is 50.9 Å². The fourth-order valence-electron chi connectivity index (χ4n) is 1.61. The van der Waals surface area contributed by atoms with Gasteiger partial charge in [-0.3, -0.25) is 9.48 Å². The molecule has 0 aliphatic rings. The van der Waals surface area contributed by atoms with Crippen LogP contribution in [0.1, 0.15) is 18.9 Å². The number of halogens is 3. The van der Waals surface area contributed by atoms with Gasteiger partial charge in [-0.2, -0.15) is 5.10 Å². The number of carbonyl (C=O) groups is 1. The summed E-state index contributed by atoms with van der Waals surface area (Å²) in [7, 11) is 0. The number of anilines is 1. The molecule has 4 nitrogen and oxygen atoms in total. The second kappa shape index (κ2) is 6.61. The van der Waals surface area contributed by atoms with E-state index >= 15 is 0 Å². The van der Waals surface area contributed by atoms with Crippen LogP contribution in [0.25, 0.3) is 0 Å². The molecule has 0 saturated carbocycles. The van der Waals surface area contributed by atoms with Crippen molar-refractivity contribution in [3.8, 4) is 0 Å². The predicted molar refractivity (Wildman–Crippen MR) is 84.4 cm³/mol. The van der Waals surface area contributed by atoms with Gasteiger partial charge in [0.05, 0.1) is 11.0 Å². The average Bonchev–Trinajstić information content (AvgIpc) is 2.73. The van der Waals surface area contributed by atoms with Crippen molar-refractivity contribution < 1.29 is 4.79 Å². The Morgan fingerprint density at radius 1 is 1.45 bits per heavy atom. The maximum Gasteiger partial charge on any atom is 0.225 e. The largest absolute Gasteiger partial charge is 0.308 e. The smallest absolute Gasteiger partial charge is 0.225 e. The monoisotopic (exact) mass is 375 g/mol. The summed E-state index contributed by atoms with van der Waals surface area (Å²) in [4.78, 5) is 11.4. The molecule has 0 saturated heterocycles. The second-order valence-corrected chi connectivity index (χ2v) is 5.86. The van der Waals surface area contributed by atoms with Crippen LogP contribution >= 0.6 is 39.1 Å². The lowest BCUT2D eigenvalue weighted by Gasteiger charge is -2.05. The van der Waals surface area contributed by atoms with Gasteiger partial charge in [0.1, 0.15) is 0 Å². The van der Waals surface area contributed by atoms with Crippen molar-refractivity contribution in [2.75, 3.05) is 5.32 Å². The van der Waals surface area contributed by atoms with E-state index in [9.17, 15) is 4.79 Å². The van der Waals surface area contributed by atoms with Crippen molar-refractivity contribution in [1.82, 2.24) is 9.78 Å². The van der Waals surface area contributed by atoms with Gasteiger partial charge in [0.25, 0.3) is 0 Å². The van der Waals surface area contributed by atoms with Crippen molar-refractivity contribution in [2.45, 2.75) is 19.9 Å². The Kier molecular flexibility index (Phi) is 5.07. The first-order valence-corrected chi connectivity index (χ1v) is 7.51. The number of rotatable bonds is 4. The van der Waals surface area contributed by atoms with Gasteiger partial charge < -0.3 is 5.32 Å². The normalized spacial score (nSPS) is 10.6. The fourth-order valence-corrected chi connectivity index (χ4v) is 2.49. The molecule has 106 valence electrons. The molecule has 0 unspecified atom stereocenters. The molecule has 0 atom stereocenters. The van der Waals surface area contributed by atoms with Crippen LogP contribution < -0.4 is 5.32 Å². The maximum atomic E-state index is 11.4. The quantitative estimate of drug-likeness (QED) is 0.862. The third-order valence-electron chi connectivity index (χ3n) is 2.64. The molecule has 1 N–H and O–H groups in total. The molecule has 20 heavy (non-hydrogen) atoms. The fraction of sp³-hybridized carbons (Fsp3) is 0.231. The Labute approximate surface area is 135 Å². The summed E-state index contributed by atoms with van der Waals surface area (Å²) in [5.41, 5.74) is 0.902. The van der Waals surface area contributed by atoms with E-state index in [1.807, 2.05) is 6.07 Å². The maximum absolute atomic E-state index is 11.4. The highest BCUT2D eigenvalue weighted by molar-refractivity contribution is 9.10. The second-order valence-electron chi connectivity index (χ2n) is 4.16. The molecular weight excluding hydrogens is 365 g/mol. The third-order valence-corrected chi connectivity index (χ3v) is 3.81. The Morgan fingerprint density at radius 3 is 2.85 bits per heavy atom. The Balaban J connectivity index is 2.18. The van der Waals surface area contributed by atoms with E-state index in [0.717, 1.165) is 10.0 Å². The SMILES string of the molecule is CCC(=O)Nc1nn(Cc2ccc(Cl)cc2Cl)cc1Br. The predicted octanol–water partition coefficient (Wildman–Crippen LogP) is 4.35. The summed E-state index contributed by atoms with van der Waals surface area (Å²) in [5, 5.41) is 8.20. The summed E-state index contributed by atoms with van der Waals surface area (Å²) in [6.45, 7) is 2.28. The summed E-state index contributed by atoms with van der Waals surface area (Å²) < 4.78 is 2.43. The Hall–Kier alpha value is -1.04. The summed E-state index contributed by atoms with van der Waals surface area (Å²) in [6, 6.07) is 5.32. The van der Waals surface area contributed by atoms with Crippen LogP contribution in [0, 0.1) is 0 Å². The first kappa shape index (κ1) is 15.4. The number of nitrogens with one attached hydrogen (secondary N) is 1. The number of hydrogen-bond acceptors (Lipinski definition) is 2. The highest BCUT2D eigenvalue weighted by atomic mass is 79.9. The van der Waals surface area contributed by atoms with E-state index in [1.54, 1.807) is 29.9 Å². The van der Waals surface area contributed by atoms with Gasteiger partial charge in [0, 0.05) is 22.7 Å². The molecule has 1 amide bonds. The molecule has 0 aliphatic heterocycles. The molecule has 0 spiro atoms. The van der Waals surface area contributed by atoms with Crippen LogP contribution in [0.4, 0.5) is 5.82 Å². The molecule has 2 rings (SSSR count). The topological polar surface area (TPSA) is 46.9 Å². The van der Waals surface area contributed by atoms with Crippen LogP contribution in [0.2, 0.25) is 10.0 Å². The minimum atomic E-state index is -0.0829. The van der Waals surface area contributed by atoms with E-state index in [-0.39, 0.29) is 5.91 Å². The van der Waals surface area contributed by atoms with Crippen LogP contribution in [0.3, 0.4) is 0 Å². The zero-order valence-electron chi connectivity index (χ0n) is 10.7. The lowest BCUT2D eigenvalue weighted by atomic mass is 10.2. The van der Waals surface area contributed by atoms with Crippen LogP contribution in [0.15, 0.2) is 28.9 Å². The average molecular weight is 377 g/mol. The van der Waals surface area contributed by atoms with Crippen LogP contribution in [-0.4, -0.2) is 15.7 Å². The number of aromatic nitrogens is 2. The number of benzene rings is 1. The Bertz CT molecular complexity index is 643. The number of carbonyl (C=O) groups excluding carboxylic acids is 1. The van der Waals surface area contributed by atoms with Gasteiger partial charge in [-0.05, 0) is 33.6 Å². The summed E-state index contributed by atoms with van der Waals surface area (Å²) >= 11 is 15.4. The molecule has 0 fully saturated rings. The highest BCUT2D eigenvalue weighted by Gasteiger charge is 2.10. The van der Waals surface area contributed by atoms with Crippen molar-refractivity contribution in [1.29, 1.82) is 0 Å². The van der Waals surface area contributed by atoms with Crippen molar-refractivity contribution in [2.24, 2.45) is 0 Å². The third kappa shape index (κ3) is 3.75. The minimum Gasteiger partial charge on any atom is -0.308 e. The van der Waals surface area contributed by atoms with Crippen molar-refractivity contribution in [3.63, 3.8) is 0 Å². The Morgan fingerprint density at radius 2 is 2.20 bits per heavy atom. The lowest BCUT2D eigenvalue weighted by molar-refractivity contribution is -0.115. The van der Waals surface area contributed by atoms with Crippen molar-refractivity contribution in [3.05, 3.63) is 44.5 Å². The van der Waals surface area contributed by atoms with Gasteiger partial charge >= 0.3 is 0 Å². The molecule has 1 aromatic heterocycles. The molecule has 7 heteroatoms. The van der Waals surface area contributed by atoms with Gasteiger partial charge in [-0.15, -0.1) is 0 Å². The molecule has 1 heterocycles. The first-order chi connectivity index (χ1) is 9.49. The van der Waals surface area contributed by atoms with E-state index in [1.165, 1.54) is 0 Å². The van der Waals surface area contributed by atoms with Gasteiger partial charge in [-0.25, -0.2) is 0 Å². The molecule has 0 bridgehead atoms. The van der Waals surface area contributed by atoms with Gasteiger partial charge in [-0.1, -0.05) is 36.2 Å². The standard InChI is InChI=1S/C13H12BrCl2N3O/c1-2-12(20)17-13-10(14)7-19(18-13)6-8-3-4-9(15)5-11(8)16/h3-5,7H,2,6H2,1H3,(H,17,18,20). The lowest BCUT2D eigenvalue weighted by Crippen LogP contribution is -2.11. The minimum absolute atomic E-state index is 0.0829.